The first kappa shape index (κ1) is 51.7. The summed E-state index contributed by atoms with van der Waals surface area (Å²) in [7, 11) is 1.35. The van der Waals surface area contributed by atoms with Crippen molar-refractivity contribution in [2.24, 2.45) is 11.8 Å². The summed E-state index contributed by atoms with van der Waals surface area (Å²) >= 11 is 12.9. The largest absolute Gasteiger partial charge is 0.426 e. The standard InChI is InChI=1S/C44H61Cl2F4N7O8/c1-6-56-33(21-26-20-27(45)13-14-29(26)46)37(60)54-43(15-16-43)40(63)51-17-8-7-12-32(35(58)52-30(39(56)62)18-24(2)3)55(5)38(61)31(19-25-10-9-11-25)53-36(59)34-22-28(47)23-57(34)41(64)42(4,65)44(48,49)50/h13-14,20,24-25,28,30-34,65H,6-12,15-19,21-23H2,1-5H3,(H,51,63)(H,52,58)(H,53,59)(H,54,60)/t28-,30+,31+,32+,33+,34+,42-/m1/s1. The minimum absolute atomic E-state index is 0.00402. The van der Waals surface area contributed by atoms with Gasteiger partial charge in [0.15, 0.2) is 0 Å². The van der Waals surface area contributed by atoms with Crippen LogP contribution in [0.2, 0.25) is 10.0 Å². The van der Waals surface area contributed by atoms with Crippen LogP contribution in [0.15, 0.2) is 18.2 Å². The number of carbonyl (C=O) groups is 7. The van der Waals surface area contributed by atoms with E-state index in [1.807, 2.05) is 13.8 Å². The van der Waals surface area contributed by atoms with Crippen LogP contribution in [0, 0.1) is 11.8 Å². The van der Waals surface area contributed by atoms with Crippen molar-refractivity contribution in [2.45, 2.75) is 158 Å². The van der Waals surface area contributed by atoms with Gasteiger partial charge in [-0.25, -0.2) is 4.39 Å². The topological polar surface area (TPSA) is 198 Å². The number of likely N-dealkylation sites (N-methyl/N-ethyl adjacent to an activating group) is 2. The highest BCUT2D eigenvalue weighted by molar-refractivity contribution is 6.33. The van der Waals surface area contributed by atoms with Crippen LogP contribution >= 0.6 is 23.2 Å². The summed E-state index contributed by atoms with van der Waals surface area (Å²) in [4.78, 5) is 101. The van der Waals surface area contributed by atoms with Crippen LogP contribution in [-0.4, -0.2) is 142 Å². The normalized spacial score (nSPS) is 26.1. The number of hydrogen-bond acceptors (Lipinski definition) is 8. The number of hydrogen-bond donors (Lipinski definition) is 5. The number of aliphatic hydroxyl groups is 1. The van der Waals surface area contributed by atoms with Crippen molar-refractivity contribution in [1.29, 1.82) is 0 Å². The molecule has 2 saturated heterocycles. The summed E-state index contributed by atoms with van der Waals surface area (Å²) < 4.78 is 55.8. The maximum atomic E-state index is 14.8. The number of alkyl halides is 4. The average Bonchev–Trinajstić information content (AvgIpc) is 3.89. The highest BCUT2D eigenvalue weighted by Crippen LogP contribution is 2.37. The quantitative estimate of drug-likeness (QED) is 0.194. The van der Waals surface area contributed by atoms with Gasteiger partial charge in [-0.3, -0.25) is 33.6 Å². The summed E-state index contributed by atoms with van der Waals surface area (Å²) in [6.45, 7) is 4.85. The van der Waals surface area contributed by atoms with Crippen LogP contribution in [0.5, 0.6) is 0 Å². The van der Waals surface area contributed by atoms with E-state index in [0.717, 1.165) is 11.3 Å². The first-order valence-electron chi connectivity index (χ1n) is 22.4. The van der Waals surface area contributed by atoms with Gasteiger partial charge in [0, 0.05) is 43.0 Å². The van der Waals surface area contributed by atoms with Crippen molar-refractivity contribution in [3.05, 3.63) is 33.8 Å². The second-order valence-corrected chi connectivity index (χ2v) is 19.4. The summed E-state index contributed by atoms with van der Waals surface area (Å²) in [6, 6.07) is -2.09. The monoisotopic (exact) mass is 961 g/mol. The maximum Gasteiger partial charge on any atom is 0.426 e. The van der Waals surface area contributed by atoms with Gasteiger partial charge >= 0.3 is 6.18 Å². The molecule has 0 aromatic heterocycles. The third kappa shape index (κ3) is 12.2. The summed E-state index contributed by atoms with van der Waals surface area (Å²) in [5.74, 6) is -6.33. The number of likely N-dealkylation sites (tertiary alicyclic amines) is 1. The van der Waals surface area contributed by atoms with E-state index in [4.69, 9.17) is 23.2 Å². The van der Waals surface area contributed by atoms with Gasteiger partial charge in [0.25, 0.3) is 5.91 Å². The fourth-order valence-corrected chi connectivity index (χ4v) is 9.13. The fourth-order valence-electron chi connectivity index (χ4n) is 8.74. The van der Waals surface area contributed by atoms with Crippen molar-refractivity contribution in [2.75, 3.05) is 26.7 Å². The number of nitrogens with one attached hydrogen (secondary N) is 4. The Kier molecular flexibility index (Phi) is 16.8. The predicted octanol–water partition coefficient (Wildman–Crippen LogP) is 3.99. The summed E-state index contributed by atoms with van der Waals surface area (Å²) in [6.07, 6.45) is -4.26. The van der Waals surface area contributed by atoms with E-state index in [1.54, 1.807) is 25.1 Å². The summed E-state index contributed by atoms with van der Waals surface area (Å²) in [5, 5.41) is 21.9. The van der Waals surface area contributed by atoms with Crippen molar-refractivity contribution in [3.8, 4) is 0 Å². The van der Waals surface area contributed by atoms with E-state index in [0.29, 0.717) is 52.6 Å². The van der Waals surface area contributed by atoms with Crippen molar-refractivity contribution >= 4 is 64.6 Å². The lowest BCUT2D eigenvalue weighted by Crippen LogP contribution is -2.62. The molecule has 65 heavy (non-hydrogen) atoms. The van der Waals surface area contributed by atoms with Crippen molar-refractivity contribution in [1.82, 2.24) is 36.0 Å². The van der Waals surface area contributed by atoms with Crippen LogP contribution in [0.4, 0.5) is 17.6 Å². The van der Waals surface area contributed by atoms with Gasteiger partial charge in [0.2, 0.25) is 41.0 Å². The third-order valence-electron chi connectivity index (χ3n) is 13.1. The second-order valence-electron chi connectivity index (χ2n) is 18.5. The Hall–Kier alpha value is -4.23. The lowest BCUT2D eigenvalue weighted by Gasteiger charge is -2.37. The predicted molar refractivity (Wildman–Crippen MR) is 232 cm³/mol. The molecule has 2 aliphatic heterocycles. The molecular formula is C44H61Cl2F4N7O8. The molecule has 362 valence electrons. The van der Waals surface area contributed by atoms with Crippen LogP contribution < -0.4 is 21.3 Å². The van der Waals surface area contributed by atoms with Gasteiger partial charge in [-0.2, -0.15) is 13.2 Å². The molecule has 2 aliphatic carbocycles. The molecule has 0 unspecified atom stereocenters. The minimum Gasteiger partial charge on any atom is -0.373 e. The Balaban J connectivity index is 1.46. The molecule has 4 fully saturated rings. The van der Waals surface area contributed by atoms with Crippen LogP contribution in [0.1, 0.15) is 104 Å². The molecule has 1 aromatic carbocycles. The number of halogens is 6. The Morgan fingerprint density at radius 1 is 1.02 bits per heavy atom. The molecule has 0 radical (unpaired) electrons. The van der Waals surface area contributed by atoms with Crippen LogP contribution in [-0.2, 0) is 40.0 Å². The Bertz CT molecular complexity index is 1970. The average molecular weight is 963 g/mol. The first-order valence-corrected chi connectivity index (χ1v) is 23.1. The van der Waals surface area contributed by atoms with Gasteiger partial charge in [0.1, 0.15) is 41.9 Å². The third-order valence-corrected chi connectivity index (χ3v) is 13.7. The van der Waals surface area contributed by atoms with E-state index in [1.165, 1.54) is 11.9 Å². The van der Waals surface area contributed by atoms with E-state index < -0.39 is 108 Å². The van der Waals surface area contributed by atoms with Gasteiger partial charge in [-0.05, 0) is 94.4 Å². The summed E-state index contributed by atoms with van der Waals surface area (Å²) in [5.41, 5.74) is -4.65. The van der Waals surface area contributed by atoms with Gasteiger partial charge in [-0.15, -0.1) is 0 Å². The SMILES string of the molecule is CCN1C(=O)[C@H](CC(C)C)NC(=O)[C@@H](N(C)C(=O)[C@H](CC2CCC2)NC(=O)[C@@H]2C[C@@H](F)CN2C(=O)[C@@](C)(O)C(F)(F)F)CCCCNC(=O)C2(CC2)NC(=O)[C@@H]1Cc1cc(Cl)ccc1Cl. The highest BCUT2D eigenvalue weighted by Gasteiger charge is 2.59. The first-order chi connectivity index (χ1) is 30.4. The Morgan fingerprint density at radius 3 is 2.28 bits per heavy atom. The van der Waals surface area contributed by atoms with Gasteiger partial charge in [0.05, 0.1) is 6.54 Å². The molecule has 1 spiro atoms. The smallest absolute Gasteiger partial charge is 0.373 e. The molecule has 21 heteroatoms. The van der Waals surface area contributed by atoms with E-state index >= 15 is 0 Å². The number of carbonyl (C=O) groups excluding carboxylic acids is 7. The van der Waals surface area contributed by atoms with E-state index in [-0.39, 0.29) is 64.0 Å². The molecule has 5 rings (SSSR count). The lowest BCUT2D eigenvalue weighted by atomic mass is 9.80. The Morgan fingerprint density at radius 2 is 1.69 bits per heavy atom. The van der Waals surface area contributed by atoms with Gasteiger partial charge in [-0.1, -0.05) is 56.3 Å². The second kappa shape index (κ2) is 21.2. The zero-order chi connectivity index (χ0) is 48.2. The van der Waals surface area contributed by atoms with Crippen LogP contribution in [0.3, 0.4) is 0 Å². The molecule has 2 heterocycles. The molecule has 5 N–H and O–H groups in total. The molecule has 2 saturated carbocycles. The molecule has 0 bridgehead atoms. The number of nitrogens with zero attached hydrogens (tertiary/aromatic N) is 3. The highest BCUT2D eigenvalue weighted by atomic mass is 35.5. The van der Waals surface area contributed by atoms with E-state index in [9.17, 15) is 56.2 Å². The van der Waals surface area contributed by atoms with E-state index in [2.05, 4.69) is 21.3 Å². The Labute approximate surface area is 386 Å². The molecule has 7 amide bonds. The molecular weight excluding hydrogens is 901 g/mol. The number of benzene rings is 1. The molecule has 4 aliphatic rings. The van der Waals surface area contributed by atoms with Gasteiger partial charge < -0.3 is 41.1 Å². The molecule has 15 nitrogen and oxygen atoms in total. The fraction of sp³-hybridized carbons (Fsp3) is 0.705. The maximum absolute atomic E-state index is 14.8. The molecule has 1 aromatic rings. The van der Waals surface area contributed by atoms with Crippen molar-refractivity contribution in [3.63, 3.8) is 0 Å². The number of rotatable bonds is 12. The number of amides is 7. The van der Waals surface area contributed by atoms with Crippen LogP contribution in [0.25, 0.3) is 0 Å². The minimum atomic E-state index is -5.43. The molecule has 7 atom stereocenters. The zero-order valence-electron chi connectivity index (χ0n) is 37.4. The zero-order valence-corrected chi connectivity index (χ0v) is 38.9. The van der Waals surface area contributed by atoms with Crippen molar-refractivity contribution < 1.29 is 56.2 Å². The lowest BCUT2D eigenvalue weighted by molar-refractivity contribution is -0.250.